The number of carbonyl (C=O) groups excluding carboxylic acids is 3. The first kappa shape index (κ1) is 17.9. The number of anilines is 2. The zero-order valence-electron chi connectivity index (χ0n) is 13.4. The molecular formula is C18H17BrN2O3. The Hall–Kier alpha value is -2.47. The Balaban J connectivity index is 1.90. The van der Waals surface area contributed by atoms with E-state index in [9.17, 15) is 14.4 Å². The fraction of sp³-hybridized carbons (Fsp3) is 0.167. The van der Waals surface area contributed by atoms with Gasteiger partial charge in [-0.2, -0.15) is 0 Å². The molecule has 0 bridgehead atoms. The third-order valence-corrected chi connectivity index (χ3v) is 4.21. The third kappa shape index (κ3) is 5.03. The third-order valence-electron chi connectivity index (χ3n) is 3.35. The SMILES string of the molecule is CC(=O)c1ccc(NC(=O)CC(=O)Nc2ccc(C)c(Br)c2)cc1. The van der Waals surface area contributed by atoms with Crippen LogP contribution in [0.5, 0.6) is 0 Å². The summed E-state index contributed by atoms with van der Waals surface area (Å²) in [5.74, 6) is -0.866. The molecule has 6 heteroatoms. The molecule has 2 rings (SSSR count). The zero-order chi connectivity index (χ0) is 17.7. The van der Waals surface area contributed by atoms with Gasteiger partial charge in [-0.1, -0.05) is 22.0 Å². The summed E-state index contributed by atoms with van der Waals surface area (Å²) < 4.78 is 0.885. The highest BCUT2D eigenvalue weighted by Gasteiger charge is 2.11. The molecule has 0 aromatic heterocycles. The molecule has 0 aliphatic carbocycles. The van der Waals surface area contributed by atoms with Gasteiger partial charge in [-0.3, -0.25) is 14.4 Å². The molecule has 2 amide bonds. The average Bonchev–Trinajstić information content (AvgIpc) is 2.51. The van der Waals surface area contributed by atoms with Crippen molar-refractivity contribution in [3.8, 4) is 0 Å². The number of carbonyl (C=O) groups is 3. The largest absolute Gasteiger partial charge is 0.326 e. The van der Waals surface area contributed by atoms with Crippen molar-refractivity contribution in [2.24, 2.45) is 0 Å². The summed E-state index contributed by atoms with van der Waals surface area (Å²) in [7, 11) is 0. The molecule has 0 fully saturated rings. The molecule has 0 saturated carbocycles. The molecule has 0 unspecified atom stereocenters. The normalized spacial score (nSPS) is 10.1. The maximum Gasteiger partial charge on any atom is 0.233 e. The topological polar surface area (TPSA) is 75.3 Å². The number of hydrogen-bond acceptors (Lipinski definition) is 3. The highest BCUT2D eigenvalue weighted by molar-refractivity contribution is 9.10. The van der Waals surface area contributed by atoms with Crippen LogP contribution in [0.15, 0.2) is 46.9 Å². The lowest BCUT2D eigenvalue weighted by Crippen LogP contribution is -2.21. The first-order chi connectivity index (χ1) is 11.3. The molecule has 0 spiro atoms. The molecule has 0 aliphatic heterocycles. The van der Waals surface area contributed by atoms with E-state index in [0.29, 0.717) is 16.9 Å². The standard InChI is InChI=1S/C18H17BrN2O3/c1-11-3-6-15(9-16(11)19)21-18(24)10-17(23)20-14-7-4-13(5-8-14)12(2)22/h3-9H,10H2,1-2H3,(H,20,23)(H,21,24). The lowest BCUT2D eigenvalue weighted by Gasteiger charge is -2.08. The van der Waals surface area contributed by atoms with Crippen molar-refractivity contribution in [1.29, 1.82) is 0 Å². The van der Waals surface area contributed by atoms with Crippen LogP contribution < -0.4 is 10.6 Å². The zero-order valence-corrected chi connectivity index (χ0v) is 14.9. The fourth-order valence-electron chi connectivity index (χ4n) is 2.02. The second-order valence-corrected chi connectivity index (χ2v) is 6.22. The smallest absolute Gasteiger partial charge is 0.233 e. The van der Waals surface area contributed by atoms with Gasteiger partial charge in [0.2, 0.25) is 11.8 Å². The Labute approximate surface area is 148 Å². The van der Waals surface area contributed by atoms with E-state index in [0.717, 1.165) is 10.0 Å². The Morgan fingerprint density at radius 2 is 1.46 bits per heavy atom. The van der Waals surface area contributed by atoms with Crippen LogP contribution in [-0.2, 0) is 9.59 Å². The number of ketones is 1. The minimum absolute atomic E-state index is 0.0449. The Kier molecular flexibility index (Phi) is 5.87. The number of Topliss-reactive ketones (excluding diaryl/α,β-unsaturated/α-hetero) is 1. The lowest BCUT2D eigenvalue weighted by atomic mass is 10.1. The summed E-state index contributed by atoms with van der Waals surface area (Å²) >= 11 is 3.39. The van der Waals surface area contributed by atoms with Crippen molar-refractivity contribution in [2.75, 3.05) is 10.6 Å². The molecule has 0 atom stereocenters. The predicted octanol–water partition coefficient (Wildman–Crippen LogP) is 3.93. The van der Waals surface area contributed by atoms with Crippen molar-refractivity contribution in [3.63, 3.8) is 0 Å². The van der Waals surface area contributed by atoms with E-state index >= 15 is 0 Å². The van der Waals surface area contributed by atoms with Gasteiger partial charge in [-0.05, 0) is 55.8 Å². The van der Waals surface area contributed by atoms with Gasteiger partial charge in [0.1, 0.15) is 6.42 Å². The first-order valence-electron chi connectivity index (χ1n) is 7.32. The number of benzene rings is 2. The van der Waals surface area contributed by atoms with E-state index in [2.05, 4.69) is 26.6 Å². The molecule has 2 aromatic rings. The molecule has 5 nitrogen and oxygen atoms in total. The van der Waals surface area contributed by atoms with Gasteiger partial charge in [0.25, 0.3) is 0 Å². The van der Waals surface area contributed by atoms with Gasteiger partial charge in [0.05, 0.1) is 0 Å². The summed E-state index contributed by atoms with van der Waals surface area (Å²) in [5, 5.41) is 5.30. The molecule has 124 valence electrons. The van der Waals surface area contributed by atoms with E-state index in [1.54, 1.807) is 36.4 Å². The van der Waals surface area contributed by atoms with Gasteiger partial charge >= 0.3 is 0 Å². The highest BCUT2D eigenvalue weighted by Crippen LogP contribution is 2.20. The monoisotopic (exact) mass is 388 g/mol. The second-order valence-electron chi connectivity index (χ2n) is 5.37. The maximum atomic E-state index is 11.9. The van der Waals surface area contributed by atoms with Crippen LogP contribution in [0.1, 0.15) is 29.3 Å². The van der Waals surface area contributed by atoms with Crippen LogP contribution in [0.25, 0.3) is 0 Å². The number of halogens is 1. The quantitative estimate of drug-likeness (QED) is 0.601. The van der Waals surface area contributed by atoms with Crippen molar-refractivity contribution in [3.05, 3.63) is 58.1 Å². The summed E-state index contributed by atoms with van der Waals surface area (Å²) in [6.45, 7) is 3.42. The predicted molar refractivity (Wildman–Crippen MR) is 97.2 cm³/mol. The summed E-state index contributed by atoms with van der Waals surface area (Å²) in [6, 6.07) is 11.9. The lowest BCUT2D eigenvalue weighted by molar-refractivity contribution is -0.123. The van der Waals surface area contributed by atoms with Crippen LogP contribution in [0.4, 0.5) is 11.4 Å². The Morgan fingerprint density at radius 1 is 0.917 bits per heavy atom. The minimum atomic E-state index is -0.422. The molecule has 0 saturated heterocycles. The first-order valence-corrected chi connectivity index (χ1v) is 8.11. The van der Waals surface area contributed by atoms with Crippen molar-refractivity contribution in [2.45, 2.75) is 20.3 Å². The molecule has 24 heavy (non-hydrogen) atoms. The molecule has 0 heterocycles. The van der Waals surface area contributed by atoms with E-state index in [4.69, 9.17) is 0 Å². The molecule has 2 N–H and O–H groups in total. The highest BCUT2D eigenvalue weighted by atomic mass is 79.9. The molecular weight excluding hydrogens is 372 g/mol. The van der Waals surface area contributed by atoms with E-state index < -0.39 is 11.8 Å². The summed E-state index contributed by atoms with van der Waals surface area (Å²) in [5.41, 5.74) is 2.78. The van der Waals surface area contributed by atoms with Gasteiger partial charge in [0.15, 0.2) is 5.78 Å². The summed E-state index contributed by atoms with van der Waals surface area (Å²) in [6.07, 6.45) is -0.292. The average molecular weight is 389 g/mol. The van der Waals surface area contributed by atoms with Crippen LogP contribution in [0.3, 0.4) is 0 Å². The van der Waals surface area contributed by atoms with Crippen LogP contribution in [0, 0.1) is 6.92 Å². The van der Waals surface area contributed by atoms with Crippen LogP contribution >= 0.6 is 15.9 Å². The summed E-state index contributed by atoms with van der Waals surface area (Å²) in [4.78, 5) is 35.0. The van der Waals surface area contributed by atoms with Crippen molar-refractivity contribution < 1.29 is 14.4 Å². The van der Waals surface area contributed by atoms with E-state index in [-0.39, 0.29) is 12.2 Å². The van der Waals surface area contributed by atoms with Crippen molar-refractivity contribution >= 4 is 44.9 Å². The van der Waals surface area contributed by atoms with E-state index in [1.807, 2.05) is 13.0 Å². The molecule has 2 aromatic carbocycles. The number of aryl methyl sites for hydroxylation is 1. The van der Waals surface area contributed by atoms with Crippen LogP contribution in [0.2, 0.25) is 0 Å². The van der Waals surface area contributed by atoms with Crippen molar-refractivity contribution in [1.82, 2.24) is 0 Å². The Bertz CT molecular complexity index is 785. The number of amides is 2. The van der Waals surface area contributed by atoms with Gasteiger partial charge < -0.3 is 10.6 Å². The number of hydrogen-bond donors (Lipinski definition) is 2. The number of rotatable bonds is 5. The molecule has 0 radical (unpaired) electrons. The van der Waals surface area contributed by atoms with Crippen LogP contribution in [-0.4, -0.2) is 17.6 Å². The van der Waals surface area contributed by atoms with Gasteiger partial charge in [-0.15, -0.1) is 0 Å². The minimum Gasteiger partial charge on any atom is -0.326 e. The number of nitrogens with one attached hydrogen (secondary N) is 2. The second kappa shape index (κ2) is 7.88. The fourth-order valence-corrected chi connectivity index (χ4v) is 2.39. The van der Waals surface area contributed by atoms with E-state index in [1.165, 1.54) is 6.92 Å². The maximum absolute atomic E-state index is 11.9. The van der Waals surface area contributed by atoms with Gasteiger partial charge in [0, 0.05) is 21.4 Å². The Morgan fingerprint density at radius 3 is 2.00 bits per heavy atom. The van der Waals surface area contributed by atoms with Gasteiger partial charge in [-0.25, -0.2) is 0 Å². The molecule has 0 aliphatic rings.